The lowest BCUT2D eigenvalue weighted by atomic mass is 10.0. The van der Waals surface area contributed by atoms with Gasteiger partial charge in [0.15, 0.2) is 11.6 Å². The van der Waals surface area contributed by atoms with E-state index in [9.17, 15) is 12.8 Å². The molecule has 0 unspecified atom stereocenters. The van der Waals surface area contributed by atoms with E-state index in [2.05, 4.69) is 10.0 Å². The smallest absolute Gasteiger partial charge is 0.240 e. The van der Waals surface area contributed by atoms with Crippen molar-refractivity contribution in [1.82, 2.24) is 10.0 Å². The third-order valence-corrected chi connectivity index (χ3v) is 4.82. The summed E-state index contributed by atoms with van der Waals surface area (Å²) in [4.78, 5) is -0.0837. The van der Waals surface area contributed by atoms with Crippen molar-refractivity contribution < 1.29 is 17.5 Å². The van der Waals surface area contributed by atoms with Crippen LogP contribution in [0.1, 0.15) is 12.8 Å². The monoisotopic (exact) mass is 302 g/mol. The summed E-state index contributed by atoms with van der Waals surface area (Å²) in [6.45, 7) is 2.15. The second-order valence-corrected chi connectivity index (χ2v) is 6.63. The Balaban J connectivity index is 2.04. The maximum absolute atomic E-state index is 13.5. The minimum atomic E-state index is -3.68. The molecule has 5 nitrogen and oxygen atoms in total. The van der Waals surface area contributed by atoms with Gasteiger partial charge >= 0.3 is 0 Å². The van der Waals surface area contributed by atoms with Crippen LogP contribution in [0.15, 0.2) is 23.1 Å². The van der Waals surface area contributed by atoms with Crippen LogP contribution in [0, 0.1) is 11.7 Å². The van der Waals surface area contributed by atoms with Crippen LogP contribution in [-0.2, 0) is 10.0 Å². The van der Waals surface area contributed by atoms with Crippen LogP contribution < -0.4 is 14.8 Å². The van der Waals surface area contributed by atoms with Gasteiger partial charge in [-0.2, -0.15) is 0 Å². The van der Waals surface area contributed by atoms with Gasteiger partial charge in [0.2, 0.25) is 10.0 Å². The zero-order valence-electron chi connectivity index (χ0n) is 11.4. The summed E-state index contributed by atoms with van der Waals surface area (Å²) in [6.07, 6.45) is 2.04. The Kier molecular flexibility index (Phi) is 4.95. The fourth-order valence-electron chi connectivity index (χ4n) is 2.22. The maximum atomic E-state index is 13.5. The molecule has 1 saturated heterocycles. The van der Waals surface area contributed by atoms with Gasteiger partial charge in [-0.05, 0) is 50.0 Å². The quantitative estimate of drug-likeness (QED) is 0.855. The Morgan fingerprint density at radius 1 is 1.50 bits per heavy atom. The number of ether oxygens (including phenoxy) is 1. The van der Waals surface area contributed by atoms with E-state index in [0.717, 1.165) is 32.0 Å². The number of piperidine rings is 1. The summed E-state index contributed by atoms with van der Waals surface area (Å²) in [5.74, 6) is -0.378. The van der Waals surface area contributed by atoms with Crippen molar-refractivity contribution in [1.29, 1.82) is 0 Å². The molecule has 1 aromatic carbocycles. The van der Waals surface area contributed by atoms with E-state index >= 15 is 0 Å². The van der Waals surface area contributed by atoms with Crippen molar-refractivity contribution in [2.75, 3.05) is 26.7 Å². The number of benzene rings is 1. The van der Waals surface area contributed by atoms with Gasteiger partial charge in [-0.1, -0.05) is 0 Å². The third kappa shape index (κ3) is 3.68. The average molecular weight is 302 g/mol. The molecular formula is C13H19FN2O3S. The van der Waals surface area contributed by atoms with Gasteiger partial charge < -0.3 is 10.1 Å². The summed E-state index contributed by atoms with van der Waals surface area (Å²) in [6, 6.07) is 3.62. The molecule has 7 heteroatoms. The minimum Gasteiger partial charge on any atom is -0.494 e. The Labute approximate surface area is 118 Å². The molecule has 0 bridgehead atoms. The fourth-order valence-corrected chi connectivity index (χ4v) is 3.35. The van der Waals surface area contributed by atoms with E-state index in [1.807, 2.05) is 0 Å². The molecule has 0 spiro atoms. The van der Waals surface area contributed by atoms with E-state index in [1.54, 1.807) is 0 Å². The molecule has 1 aliphatic heterocycles. The number of methoxy groups -OCH3 is 1. The van der Waals surface area contributed by atoms with Crippen molar-refractivity contribution in [2.45, 2.75) is 17.7 Å². The van der Waals surface area contributed by atoms with Crippen LogP contribution in [0.2, 0.25) is 0 Å². The largest absolute Gasteiger partial charge is 0.494 e. The lowest BCUT2D eigenvalue weighted by molar-refractivity contribution is 0.375. The van der Waals surface area contributed by atoms with Crippen molar-refractivity contribution in [2.24, 2.45) is 5.92 Å². The van der Waals surface area contributed by atoms with Crippen molar-refractivity contribution in [3.05, 3.63) is 24.0 Å². The van der Waals surface area contributed by atoms with Gasteiger partial charge in [-0.3, -0.25) is 0 Å². The van der Waals surface area contributed by atoms with Gasteiger partial charge in [-0.15, -0.1) is 0 Å². The Morgan fingerprint density at radius 3 is 2.90 bits per heavy atom. The van der Waals surface area contributed by atoms with E-state index < -0.39 is 15.8 Å². The van der Waals surface area contributed by atoms with Crippen LogP contribution in [0.25, 0.3) is 0 Å². The van der Waals surface area contributed by atoms with Gasteiger partial charge in [-0.25, -0.2) is 17.5 Å². The molecule has 112 valence electrons. The molecule has 0 amide bonds. The van der Waals surface area contributed by atoms with Gasteiger partial charge in [0, 0.05) is 6.54 Å². The summed E-state index contributed by atoms with van der Waals surface area (Å²) in [7, 11) is -2.35. The van der Waals surface area contributed by atoms with E-state index in [-0.39, 0.29) is 16.6 Å². The highest BCUT2D eigenvalue weighted by molar-refractivity contribution is 7.89. The Morgan fingerprint density at radius 2 is 2.30 bits per heavy atom. The molecule has 1 atom stereocenters. The van der Waals surface area contributed by atoms with Crippen molar-refractivity contribution in [3.63, 3.8) is 0 Å². The summed E-state index contributed by atoms with van der Waals surface area (Å²) < 4.78 is 45.0. The van der Waals surface area contributed by atoms with Crippen LogP contribution in [-0.4, -0.2) is 35.2 Å². The topological polar surface area (TPSA) is 67.4 Å². The van der Waals surface area contributed by atoms with Crippen LogP contribution in [0.4, 0.5) is 4.39 Å². The standard InChI is InChI=1S/C13H19FN2O3S/c1-19-13-5-4-11(7-12(13)14)20(17,18)16-9-10-3-2-6-15-8-10/h4-5,7,10,15-16H,2-3,6,8-9H2,1H3/t10-/m0/s1. The minimum absolute atomic E-state index is 0.0282. The first kappa shape index (κ1) is 15.2. The molecular weight excluding hydrogens is 283 g/mol. The molecule has 2 rings (SSSR count). The molecule has 0 aliphatic carbocycles. The van der Waals surface area contributed by atoms with Crippen LogP contribution >= 0.6 is 0 Å². The van der Waals surface area contributed by atoms with E-state index in [4.69, 9.17) is 4.74 Å². The highest BCUT2D eigenvalue weighted by Gasteiger charge is 2.19. The lowest BCUT2D eigenvalue weighted by Crippen LogP contribution is -2.38. The second kappa shape index (κ2) is 6.51. The Hall–Kier alpha value is -1.18. The van der Waals surface area contributed by atoms with E-state index in [1.165, 1.54) is 19.2 Å². The van der Waals surface area contributed by atoms with E-state index in [0.29, 0.717) is 6.54 Å². The first-order valence-corrected chi connectivity index (χ1v) is 8.05. The SMILES string of the molecule is COc1ccc(S(=O)(=O)NC[C@H]2CCCNC2)cc1F. The molecule has 0 aromatic heterocycles. The molecule has 0 saturated carbocycles. The predicted molar refractivity (Wildman–Crippen MR) is 73.7 cm³/mol. The Bertz CT molecular complexity index is 557. The number of hydrogen-bond acceptors (Lipinski definition) is 4. The van der Waals surface area contributed by atoms with Gasteiger partial charge in [0.1, 0.15) is 0 Å². The zero-order valence-corrected chi connectivity index (χ0v) is 12.2. The zero-order chi connectivity index (χ0) is 14.6. The fraction of sp³-hybridized carbons (Fsp3) is 0.538. The molecule has 2 N–H and O–H groups in total. The number of halogens is 1. The lowest BCUT2D eigenvalue weighted by Gasteiger charge is -2.22. The van der Waals surface area contributed by atoms with Crippen molar-refractivity contribution in [3.8, 4) is 5.75 Å². The van der Waals surface area contributed by atoms with Gasteiger partial charge in [0.25, 0.3) is 0 Å². The van der Waals surface area contributed by atoms with Gasteiger partial charge in [0.05, 0.1) is 12.0 Å². The first-order chi connectivity index (χ1) is 9.53. The first-order valence-electron chi connectivity index (χ1n) is 6.57. The molecule has 1 aromatic rings. The predicted octanol–water partition coefficient (Wildman–Crippen LogP) is 1.11. The number of nitrogens with one attached hydrogen (secondary N) is 2. The highest BCUT2D eigenvalue weighted by Crippen LogP contribution is 2.20. The summed E-state index contributed by atoms with van der Waals surface area (Å²) in [5.41, 5.74) is 0. The molecule has 1 fully saturated rings. The second-order valence-electron chi connectivity index (χ2n) is 4.86. The molecule has 0 radical (unpaired) electrons. The summed E-state index contributed by atoms with van der Waals surface area (Å²) in [5, 5.41) is 3.22. The molecule has 1 aliphatic rings. The number of rotatable bonds is 5. The number of hydrogen-bond donors (Lipinski definition) is 2. The van der Waals surface area contributed by atoms with Crippen LogP contribution in [0.3, 0.4) is 0 Å². The average Bonchev–Trinajstić information content (AvgIpc) is 2.46. The number of sulfonamides is 1. The molecule has 20 heavy (non-hydrogen) atoms. The normalized spacial score (nSPS) is 19.8. The highest BCUT2D eigenvalue weighted by atomic mass is 32.2. The third-order valence-electron chi connectivity index (χ3n) is 3.39. The maximum Gasteiger partial charge on any atom is 0.240 e. The van der Waals surface area contributed by atoms with Crippen LogP contribution in [0.5, 0.6) is 5.75 Å². The summed E-state index contributed by atoms with van der Waals surface area (Å²) >= 11 is 0. The molecule has 1 heterocycles. The van der Waals surface area contributed by atoms with Crippen molar-refractivity contribution >= 4 is 10.0 Å².